The monoisotopic (exact) mass is 316 g/mol. The highest BCUT2D eigenvalue weighted by atomic mass is 16.5. The molecular weight excluding hydrogens is 300 g/mol. The van der Waals surface area contributed by atoms with Crippen molar-refractivity contribution < 1.29 is 23.5 Å². The summed E-state index contributed by atoms with van der Waals surface area (Å²) in [5, 5.41) is 0.692. The standard InChI is InChI=1S/C17H16O6/c1-3-21-15(18)6-7-16(19)22-10-12-9-17(20)23-14-8-11(2)4-5-13(12)14/h4-9H,3,10H2,1-2H3/b7-6+. The van der Waals surface area contributed by atoms with Crippen LogP contribution in [0.1, 0.15) is 18.1 Å². The van der Waals surface area contributed by atoms with E-state index in [2.05, 4.69) is 4.74 Å². The molecule has 0 aliphatic rings. The van der Waals surface area contributed by atoms with E-state index in [1.165, 1.54) is 6.07 Å². The lowest BCUT2D eigenvalue weighted by Gasteiger charge is -2.06. The Balaban J connectivity index is 2.12. The van der Waals surface area contributed by atoms with Crippen LogP contribution in [0.25, 0.3) is 11.0 Å². The minimum absolute atomic E-state index is 0.100. The summed E-state index contributed by atoms with van der Waals surface area (Å²) in [5.74, 6) is -1.32. The second-order valence-electron chi connectivity index (χ2n) is 4.78. The first-order valence-electron chi connectivity index (χ1n) is 7.04. The van der Waals surface area contributed by atoms with E-state index < -0.39 is 17.6 Å². The summed E-state index contributed by atoms with van der Waals surface area (Å²) < 4.78 is 14.8. The molecule has 0 atom stereocenters. The van der Waals surface area contributed by atoms with Crippen LogP contribution in [0.15, 0.2) is 45.6 Å². The lowest BCUT2D eigenvalue weighted by Crippen LogP contribution is -2.07. The van der Waals surface area contributed by atoms with Crippen molar-refractivity contribution in [2.45, 2.75) is 20.5 Å². The van der Waals surface area contributed by atoms with Crippen molar-refractivity contribution in [3.05, 3.63) is 58.0 Å². The molecule has 0 aliphatic heterocycles. The summed E-state index contributed by atoms with van der Waals surface area (Å²) in [6.45, 7) is 3.67. The predicted molar refractivity (Wildman–Crippen MR) is 82.8 cm³/mol. The van der Waals surface area contributed by atoms with E-state index >= 15 is 0 Å². The molecule has 0 radical (unpaired) electrons. The van der Waals surface area contributed by atoms with Crippen molar-refractivity contribution in [3.63, 3.8) is 0 Å². The molecule has 0 spiro atoms. The Hall–Kier alpha value is -2.89. The molecule has 0 fully saturated rings. The van der Waals surface area contributed by atoms with Crippen LogP contribution in [0.2, 0.25) is 0 Å². The van der Waals surface area contributed by atoms with Crippen molar-refractivity contribution in [1.82, 2.24) is 0 Å². The van der Waals surface area contributed by atoms with Crippen LogP contribution < -0.4 is 5.63 Å². The fourth-order valence-corrected chi connectivity index (χ4v) is 1.98. The second kappa shape index (κ2) is 7.40. The molecule has 23 heavy (non-hydrogen) atoms. The second-order valence-corrected chi connectivity index (χ2v) is 4.78. The minimum atomic E-state index is -0.702. The zero-order chi connectivity index (χ0) is 16.8. The third-order valence-electron chi connectivity index (χ3n) is 3.00. The number of carbonyl (C=O) groups excluding carboxylic acids is 2. The zero-order valence-corrected chi connectivity index (χ0v) is 12.8. The lowest BCUT2D eigenvalue weighted by atomic mass is 10.1. The Kier molecular flexibility index (Phi) is 5.30. The summed E-state index contributed by atoms with van der Waals surface area (Å²) in [5.41, 5.74) is 1.41. The molecule has 0 aliphatic carbocycles. The van der Waals surface area contributed by atoms with E-state index in [0.29, 0.717) is 16.5 Å². The number of esters is 2. The topological polar surface area (TPSA) is 82.8 Å². The Bertz CT molecular complexity index is 815. The van der Waals surface area contributed by atoms with Gasteiger partial charge in [0.15, 0.2) is 0 Å². The number of hydrogen-bond acceptors (Lipinski definition) is 6. The highest BCUT2D eigenvalue weighted by molar-refractivity contribution is 5.91. The molecule has 0 saturated carbocycles. The fraction of sp³-hybridized carbons (Fsp3) is 0.235. The summed E-state index contributed by atoms with van der Waals surface area (Å²) >= 11 is 0. The SMILES string of the molecule is CCOC(=O)/C=C/C(=O)OCc1cc(=O)oc2cc(C)ccc12. The van der Waals surface area contributed by atoms with Gasteiger partial charge in [0.1, 0.15) is 12.2 Å². The van der Waals surface area contributed by atoms with Crippen LogP contribution in [-0.2, 0) is 25.7 Å². The summed E-state index contributed by atoms with van der Waals surface area (Å²) in [6.07, 6.45) is 1.97. The van der Waals surface area contributed by atoms with Gasteiger partial charge in [-0.3, -0.25) is 0 Å². The first-order valence-corrected chi connectivity index (χ1v) is 7.04. The van der Waals surface area contributed by atoms with Crippen LogP contribution in [0, 0.1) is 6.92 Å². The van der Waals surface area contributed by atoms with Gasteiger partial charge in [-0.05, 0) is 25.5 Å². The highest BCUT2D eigenvalue weighted by Crippen LogP contribution is 2.19. The molecule has 0 amide bonds. The van der Waals surface area contributed by atoms with Gasteiger partial charge < -0.3 is 13.9 Å². The van der Waals surface area contributed by atoms with E-state index in [-0.39, 0.29) is 13.2 Å². The maximum Gasteiger partial charge on any atom is 0.336 e. The average molecular weight is 316 g/mol. The van der Waals surface area contributed by atoms with Crippen molar-refractivity contribution in [3.8, 4) is 0 Å². The molecule has 0 saturated heterocycles. The third-order valence-corrected chi connectivity index (χ3v) is 3.00. The lowest BCUT2D eigenvalue weighted by molar-refractivity contribution is -0.141. The van der Waals surface area contributed by atoms with E-state index in [0.717, 1.165) is 17.7 Å². The summed E-state index contributed by atoms with van der Waals surface area (Å²) in [6, 6.07) is 6.68. The quantitative estimate of drug-likeness (QED) is 0.478. The first-order chi connectivity index (χ1) is 11.0. The number of benzene rings is 1. The number of rotatable bonds is 5. The molecule has 2 aromatic rings. The zero-order valence-electron chi connectivity index (χ0n) is 12.8. The molecule has 120 valence electrons. The van der Waals surface area contributed by atoms with Gasteiger partial charge in [0.2, 0.25) is 0 Å². The van der Waals surface area contributed by atoms with E-state index in [4.69, 9.17) is 9.15 Å². The molecule has 1 aromatic heterocycles. The molecule has 1 heterocycles. The predicted octanol–water partition coefficient (Wildman–Crippen LogP) is 2.26. The van der Waals surface area contributed by atoms with E-state index in [1.807, 2.05) is 13.0 Å². The van der Waals surface area contributed by atoms with E-state index in [1.54, 1.807) is 19.1 Å². The largest absolute Gasteiger partial charge is 0.463 e. The fourth-order valence-electron chi connectivity index (χ4n) is 1.98. The molecule has 2 rings (SSSR count). The molecular formula is C17H16O6. The maximum atomic E-state index is 11.6. The number of hydrogen-bond donors (Lipinski definition) is 0. The van der Waals surface area contributed by atoms with Crippen molar-refractivity contribution in [1.29, 1.82) is 0 Å². The third kappa shape index (κ3) is 4.54. The molecule has 0 bridgehead atoms. The average Bonchev–Trinajstić information content (AvgIpc) is 2.50. The number of carbonyl (C=O) groups is 2. The van der Waals surface area contributed by atoms with Gasteiger partial charge >= 0.3 is 17.6 Å². The van der Waals surface area contributed by atoms with Gasteiger partial charge in [0.05, 0.1) is 6.61 Å². The maximum absolute atomic E-state index is 11.6. The smallest absolute Gasteiger partial charge is 0.336 e. The minimum Gasteiger partial charge on any atom is -0.463 e. The number of ether oxygens (including phenoxy) is 2. The van der Waals surface area contributed by atoms with Crippen molar-refractivity contribution in [2.24, 2.45) is 0 Å². The Morgan fingerprint density at radius 3 is 2.52 bits per heavy atom. The molecule has 6 nitrogen and oxygen atoms in total. The normalized spacial score (nSPS) is 10.9. The van der Waals surface area contributed by atoms with E-state index in [9.17, 15) is 14.4 Å². The van der Waals surface area contributed by atoms with Gasteiger partial charge in [-0.15, -0.1) is 0 Å². The highest BCUT2D eigenvalue weighted by Gasteiger charge is 2.08. The van der Waals surface area contributed by atoms with Gasteiger partial charge in [0.25, 0.3) is 0 Å². The van der Waals surface area contributed by atoms with Crippen LogP contribution in [0.5, 0.6) is 0 Å². The van der Waals surface area contributed by atoms with Crippen LogP contribution in [0.4, 0.5) is 0 Å². The van der Waals surface area contributed by atoms with Crippen LogP contribution >= 0.6 is 0 Å². The Morgan fingerprint density at radius 1 is 1.13 bits per heavy atom. The summed E-state index contributed by atoms with van der Waals surface area (Å²) in [7, 11) is 0. The van der Waals surface area contributed by atoms with Gasteiger partial charge in [-0.2, -0.15) is 0 Å². The molecule has 0 unspecified atom stereocenters. The Labute approximate surface area is 132 Å². The van der Waals surface area contributed by atoms with Gasteiger partial charge in [-0.25, -0.2) is 14.4 Å². The van der Waals surface area contributed by atoms with Crippen molar-refractivity contribution >= 4 is 22.9 Å². The van der Waals surface area contributed by atoms with Gasteiger partial charge in [-0.1, -0.05) is 12.1 Å². The molecule has 0 N–H and O–H groups in total. The van der Waals surface area contributed by atoms with Crippen molar-refractivity contribution in [2.75, 3.05) is 6.61 Å². The first kappa shape index (κ1) is 16.5. The van der Waals surface area contributed by atoms with Gasteiger partial charge in [0, 0.05) is 29.2 Å². The van der Waals surface area contributed by atoms with Crippen LogP contribution in [0.3, 0.4) is 0 Å². The number of fused-ring (bicyclic) bond motifs is 1. The summed E-state index contributed by atoms with van der Waals surface area (Å²) in [4.78, 5) is 34.2. The molecule has 6 heteroatoms. The Morgan fingerprint density at radius 2 is 1.83 bits per heavy atom. The molecule has 1 aromatic carbocycles. The number of aryl methyl sites for hydroxylation is 1. The van der Waals surface area contributed by atoms with Crippen LogP contribution in [-0.4, -0.2) is 18.5 Å².